The Kier molecular flexibility index (Phi) is 3.40. The molecule has 124 valence electrons. The molecule has 0 aliphatic carbocycles. The fourth-order valence-corrected chi connectivity index (χ4v) is 3.36. The van der Waals surface area contributed by atoms with E-state index in [1.165, 1.54) is 0 Å². The number of amides is 1. The van der Waals surface area contributed by atoms with Crippen LogP contribution in [0.4, 0.5) is 0 Å². The first-order valence-corrected chi connectivity index (χ1v) is 8.24. The Morgan fingerprint density at radius 3 is 2.71 bits per heavy atom. The van der Waals surface area contributed by atoms with Crippen LogP contribution in [0.5, 0.6) is 0 Å². The number of benzene rings is 1. The number of nitrogens with one attached hydrogen (secondary N) is 1. The van der Waals surface area contributed by atoms with Gasteiger partial charge in [0.2, 0.25) is 5.91 Å². The van der Waals surface area contributed by atoms with E-state index < -0.39 is 0 Å². The molecule has 1 N–H and O–H groups in total. The lowest BCUT2D eigenvalue weighted by atomic mass is 9.98. The number of H-pyrrole nitrogens is 1. The van der Waals surface area contributed by atoms with Gasteiger partial charge in [0, 0.05) is 31.4 Å². The number of hydrogen-bond acceptors (Lipinski definition) is 3. The number of carbonyl (C=O) groups excluding carboxylic acids is 1. The molecule has 0 bridgehead atoms. The van der Waals surface area contributed by atoms with E-state index in [1.807, 2.05) is 54.7 Å². The maximum absolute atomic E-state index is 12.5. The number of hydrogen-bond donors (Lipinski definition) is 1. The summed E-state index contributed by atoms with van der Waals surface area (Å²) in [5.74, 6) is 1.45. The van der Waals surface area contributed by atoms with E-state index in [9.17, 15) is 4.79 Å². The van der Waals surface area contributed by atoms with Gasteiger partial charge in [0.25, 0.3) is 0 Å². The molecule has 4 rings (SSSR count). The fraction of sp³-hybridized carbons (Fsp3) is 0.389. The second-order valence-electron chi connectivity index (χ2n) is 6.58. The van der Waals surface area contributed by atoms with Crippen molar-refractivity contribution in [3.63, 3.8) is 0 Å². The summed E-state index contributed by atoms with van der Waals surface area (Å²) in [4.78, 5) is 22.4. The van der Waals surface area contributed by atoms with Gasteiger partial charge in [0.1, 0.15) is 5.82 Å². The molecular formula is C18H21N5O. The average Bonchev–Trinajstić information content (AvgIpc) is 3.02. The van der Waals surface area contributed by atoms with Crippen LogP contribution in [-0.2, 0) is 18.3 Å². The molecule has 3 heterocycles. The number of fused-ring (bicyclic) bond motifs is 1. The molecule has 0 radical (unpaired) electrons. The van der Waals surface area contributed by atoms with Gasteiger partial charge >= 0.3 is 0 Å². The Hall–Kier alpha value is -2.63. The number of aromatic nitrogens is 4. The molecule has 0 atom stereocenters. The molecule has 1 fully saturated rings. The van der Waals surface area contributed by atoms with Crippen molar-refractivity contribution < 1.29 is 4.79 Å². The number of para-hydroxylation sites is 2. The van der Waals surface area contributed by atoms with Crippen LogP contribution in [0, 0.1) is 13.8 Å². The van der Waals surface area contributed by atoms with Crippen LogP contribution >= 0.6 is 0 Å². The smallest absolute Gasteiger partial charge is 0.227 e. The van der Waals surface area contributed by atoms with Gasteiger partial charge in [-0.25, -0.2) is 4.98 Å². The quantitative estimate of drug-likeness (QED) is 0.802. The monoisotopic (exact) mass is 323 g/mol. The van der Waals surface area contributed by atoms with E-state index >= 15 is 0 Å². The molecule has 0 saturated carbocycles. The van der Waals surface area contributed by atoms with E-state index in [2.05, 4.69) is 15.1 Å². The van der Waals surface area contributed by atoms with Gasteiger partial charge in [-0.2, -0.15) is 5.10 Å². The Bertz CT molecular complexity index is 884. The molecule has 0 unspecified atom stereocenters. The molecule has 6 nitrogen and oxygen atoms in total. The molecular weight excluding hydrogens is 302 g/mol. The summed E-state index contributed by atoms with van der Waals surface area (Å²) in [5, 5.41) is 4.38. The topological polar surface area (TPSA) is 66.8 Å². The highest BCUT2D eigenvalue weighted by molar-refractivity contribution is 5.80. The van der Waals surface area contributed by atoms with E-state index in [-0.39, 0.29) is 5.91 Å². The molecule has 1 saturated heterocycles. The minimum Gasteiger partial charge on any atom is -0.342 e. The molecule has 0 spiro atoms. The van der Waals surface area contributed by atoms with Crippen LogP contribution in [-0.4, -0.2) is 43.6 Å². The SMILES string of the molecule is Cc1nn(C)c(C)c1CC(=O)N1CC(c2nc3ccccc3[nH]2)C1. The lowest BCUT2D eigenvalue weighted by Gasteiger charge is -2.38. The van der Waals surface area contributed by atoms with E-state index in [0.717, 1.165) is 46.9 Å². The molecule has 1 amide bonds. The third kappa shape index (κ3) is 2.38. The van der Waals surface area contributed by atoms with Gasteiger partial charge < -0.3 is 9.88 Å². The van der Waals surface area contributed by atoms with Crippen molar-refractivity contribution in [2.24, 2.45) is 7.05 Å². The number of rotatable bonds is 3. The highest BCUT2D eigenvalue weighted by atomic mass is 16.2. The number of imidazole rings is 1. The minimum atomic E-state index is 0.168. The number of carbonyl (C=O) groups is 1. The highest BCUT2D eigenvalue weighted by Gasteiger charge is 2.34. The zero-order valence-electron chi connectivity index (χ0n) is 14.2. The van der Waals surface area contributed by atoms with E-state index in [1.54, 1.807) is 0 Å². The molecule has 24 heavy (non-hydrogen) atoms. The predicted molar refractivity (Wildman–Crippen MR) is 91.8 cm³/mol. The van der Waals surface area contributed by atoms with Gasteiger partial charge in [0.05, 0.1) is 29.1 Å². The largest absolute Gasteiger partial charge is 0.342 e. The summed E-state index contributed by atoms with van der Waals surface area (Å²) >= 11 is 0. The van der Waals surface area contributed by atoms with Crippen molar-refractivity contribution in [3.05, 3.63) is 47.0 Å². The predicted octanol–water partition coefficient (Wildman–Crippen LogP) is 2.08. The molecule has 6 heteroatoms. The average molecular weight is 323 g/mol. The summed E-state index contributed by atoms with van der Waals surface area (Å²) in [6.07, 6.45) is 0.429. The Morgan fingerprint density at radius 2 is 2.04 bits per heavy atom. The van der Waals surface area contributed by atoms with Crippen LogP contribution in [0.2, 0.25) is 0 Å². The third-order valence-electron chi connectivity index (χ3n) is 5.02. The van der Waals surface area contributed by atoms with Crippen molar-refractivity contribution in [3.8, 4) is 0 Å². The standard InChI is InChI=1S/C18H21N5O/c1-11-14(12(2)22(3)21-11)8-17(24)23-9-13(10-23)18-19-15-6-4-5-7-16(15)20-18/h4-7,13H,8-10H2,1-3H3,(H,19,20). The van der Waals surface area contributed by atoms with Crippen LogP contribution in [0.3, 0.4) is 0 Å². The first-order valence-electron chi connectivity index (χ1n) is 8.24. The minimum absolute atomic E-state index is 0.168. The third-order valence-corrected chi connectivity index (χ3v) is 5.02. The number of likely N-dealkylation sites (tertiary alicyclic amines) is 1. The van der Waals surface area contributed by atoms with Gasteiger partial charge in [0.15, 0.2) is 0 Å². The summed E-state index contributed by atoms with van der Waals surface area (Å²) in [6, 6.07) is 8.02. The first-order chi connectivity index (χ1) is 11.5. The lowest BCUT2D eigenvalue weighted by molar-refractivity contribution is -0.135. The Labute approximate surface area is 140 Å². The fourth-order valence-electron chi connectivity index (χ4n) is 3.36. The number of aromatic amines is 1. The van der Waals surface area contributed by atoms with Crippen LogP contribution in [0.25, 0.3) is 11.0 Å². The second kappa shape index (κ2) is 5.47. The Morgan fingerprint density at radius 1 is 1.29 bits per heavy atom. The summed E-state index contributed by atoms with van der Waals surface area (Å²) in [6.45, 7) is 5.44. The zero-order valence-corrected chi connectivity index (χ0v) is 14.2. The molecule has 1 aliphatic rings. The van der Waals surface area contributed by atoms with Crippen molar-refractivity contribution in [2.45, 2.75) is 26.2 Å². The molecule has 1 aromatic carbocycles. The number of aryl methyl sites for hydroxylation is 2. The molecule has 3 aromatic rings. The first kappa shape index (κ1) is 14.9. The van der Waals surface area contributed by atoms with Gasteiger partial charge in [-0.1, -0.05) is 12.1 Å². The summed E-state index contributed by atoms with van der Waals surface area (Å²) in [5.41, 5.74) is 5.10. The van der Waals surface area contributed by atoms with Gasteiger partial charge in [-0.15, -0.1) is 0 Å². The van der Waals surface area contributed by atoms with Crippen molar-refractivity contribution >= 4 is 16.9 Å². The second-order valence-corrected chi connectivity index (χ2v) is 6.58. The maximum atomic E-state index is 12.5. The maximum Gasteiger partial charge on any atom is 0.227 e. The number of nitrogens with zero attached hydrogens (tertiary/aromatic N) is 4. The van der Waals surface area contributed by atoms with Crippen molar-refractivity contribution in [1.29, 1.82) is 0 Å². The Balaban J connectivity index is 1.42. The van der Waals surface area contributed by atoms with Crippen molar-refractivity contribution in [1.82, 2.24) is 24.6 Å². The van der Waals surface area contributed by atoms with Crippen LogP contribution in [0.1, 0.15) is 28.7 Å². The lowest BCUT2D eigenvalue weighted by Crippen LogP contribution is -2.49. The zero-order chi connectivity index (χ0) is 16.8. The van der Waals surface area contributed by atoms with E-state index in [0.29, 0.717) is 12.3 Å². The summed E-state index contributed by atoms with van der Waals surface area (Å²) in [7, 11) is 1.91. The van der Waals surface area contributed by atoms with Gasteiger partial charge in [-0.3, -0.25) is 9.48 Å². The highest BCUT2D eigenvalue weighted by Crippen LogP contribution is 2.27. The van der Waals surface area contributed by atoms with Crippen molar-refractivity contribution in [2.75, 3.05) is 13.1 Å². The van der Waals surface area contributed by atoms with Crippen LogP contribution < -0.4 is 0 Å². The molecule has 2 aromatic heterocycles. The van der Waals surface area contributed by atoms with Gasteiger partial charge in [-0.05, 0) is 26.0 Å². The molecule has 1 aliphatic heterocycles. The summed E-state index contributed by atoms with van der Waals surface area (Å²) < 4.78 is 1.84. The van der Waals surface area contributed by atoms with E-state index in [4.69, 9.17) is 0 Å². The normalized spacial score (nSPS) is 15.0. The van der Waals surface area contributed by atoms with Crippen LogP contribution in [0.15, 0.2) is 24.3 Å².